The van der Waals surface area contributed by atoms with Crippen LogP contribution in [0.15, 0.2) is 54.7 Å². The number of H-pyrrole nitrogens is 1. The van der Waals surface area contributed by atoms with Crippen molar-refractivity contribution in [1.82, 2.24) is 10.3 Å². The van der Waals surface area contributed by atoms with Crippen molar-refractivity contribution >= 4 is 22.8 Å². The zero-order valence-corrected chi connectivity index (χ0v) is 17.6. The number of carbonyl (C=O) groups is 2. The van der Waals surface area contributed by atoms with Crippen LogP contribution in [0.1, 0.15) is 37.3 Å². The number of aromatic nitrogens is 1. The van der Waals surface area contributed by atoms with Crippen LogP contribution in [0.25, 0.3) is 10.9 Å². The number of hydrogen-bond acceptors (Lipinski definition) is 4. The summed E-state index contributed by atoms with van der Waals surface area (Å²) in [5.41, 5.74) is 2.98. The number of ether oxygens (including phenoxy) is 2. The first-order valence-corrected chi connectivity index (χ1v) is 10.2. The van der Waals surface area contributed by atoms with Crippen LogP contribution in [0.4, 0.5) is 0 Å². The second-order valence-corrected chi connectivity index (χ2v) is 7.34. The van der Waals surface area contributed by atoms with Gasteiger partial charge >= 0.3 is 5.97 Å². The first-order valence-electron chi connectivity index (χ1n) is 10.2. The van der Waals surface area contributed by atoms with E-state index >= 15 is 0 Å². The summed E-state index contributed by atoms with van der Waals surface area (Å²) in [4.78, 5) is 28.0. The molecule has 2 N–H and O–H groups in total. The van der Waals surface area contributed by atoms with E-state index in [0.29, 0.717) is 18.1 Å². The highest BCUT2D eigenvalue weighted by Crippen LogP contribution is 2.28. The molecular formula is C24H28N2O4. The first kappa shape index (κ1) is 21.4. The quantitative estimate of drug-likeness (QED) is 0.525. The SMILES string of the molecule is CCC(C)c1ccccc1OCC(=O)NC(Cc1c[nH]c2ccccc12)C(=O)OC. The van der Waals surface area contributed by atoms with Crippen molar-refractivity contribution in [3.63, 3.8) is 0 Å². The number of benzene rings is 2. The second kappa shape index (κ2) is 9.96. The molecule has 158 valence electrons. The van der Waals surface area contributed by atoms with Crippen LogP contribution in [0.2, 0.25) is 0 Å². The molecule has 0 aliphatic rings. The monoisotopic (exact) mass is 408 g/mol. The lowest BCUT2D eigenvalue weighted by molar-refractivity contribution is -0.145. The molecule has 2 aromatic carbocycles. The Morgan fingerprint density at radius 2 is 1.83 bits per heavy atom. The number of nitrogens with one attached hydrogen (secondary N) is 2. The second-order valence-electron chi connectivity index (χ2n) is 7.34. The van der Waals surface area contributed by atoms with E-state index in [9.17, 15) is 9.59 Å². The fraction of sp³-hybridized carbons (Fsp3) is 0.333. The van der Waals surface area contributed by atoms with Gasteiger partial charge in [0.25, 0.3) is 5.91 Å². The normalized spacial score (nSPS) is 12.9. The van der Waals surface area contributed by atoms with Gasteiger partial charge in [0.15, 0.2) is 6.61 Å². The number of methoxy groups -OCH3 is 1. The van der Waals surface area contributed by atoms with Gasteiger partial charge < -0.3 is 19.8 Å². The summed E-state index contributed by atoms with van der Waals surface area (Å²) >= 11 is 0. The van der Waals surface area contributed by atoms with Crippen LogP contribution < -0.4 is 10.1 Å². The van der Waals surface area contributed by atoms with E-state index in [2.05, 4.69) is 24.1 Å². The lowest BCUT2D eigenvalue weighted by Gasteiger charge is -2.18. The van der Waals surface area contributed by atoms with Gasteiger partial charge in [-0.05, 0) is 35.6 Å². The molecule has 0 spiro atoms. The molecule has 0 saturated heterocycles. The van der Waals surface area contributed by atoms with Gasteiger partial charge in [-0.15, -0.1) is 0 Å². The largest absolute Gasteiger partial charge is 0.483 e. The zero-order chi connectivity index (χ0) is 21.5. The maximum atomic E-state index is 12.5. The minimum Gasteiger partial charge on any atom is -0.483 e. The Hall–Kier alpha value is -3.28. The van der Waals surface area contributed by atoms with Crippen LogP contribution in [-0.4, -0.2) is 36.6 Å². The third-order valence-corrected chi connectivity index (χ3v) is 5.34. The number of para-hydroxylation sites is 2. The van der Waals surface area contributed by atoms with Crippen LogP contribution in [-0.2, 0) is 20.7 Å². The van der Waals surface area contributed by atoms with E-state index in [4.69, 9.17) is 9.47 Å². The van der Waals surface area contributed by atoms with E-state index in [1.807, 2.05) is 54.7 Å². The summed E-state index contributed by atoms with van der Waals surface area (Å²) in [6.45, 7) is 4.06. The third-order valence-electron chi connectivity index (χ3n) is 5.34. The fourth-order valence-electron chi connectivity index (χ4n) is 3.47. The van der Waals surface area contributed by atoms with Crippen molar-refractivity contribution in [2.75, 3.05) is 13.7 Å². The van der Waals surface area contributed by atoms with E-state index < -0.39 is 12.0 Å². The number of rotatable bonds is 9. The summed E-state index contributed by atoms with van der Waals surface area (Å²) in [7, 11) is 1.32. The van der Waals surface area contributed by atoms with Crippen molar-refractivity contribution in [3.8, 4) is 5.75 Å². The Morgan fingerprint density at radius 3 is 2.60 bits per heavy atom. The maximum Gasteiger partial charge on any atom is 0.328 e. The molecule has 0 saturated carbocycles. The van der Waals surface area contributed by atoms with Gasteiger partial charge in [-0.2, -0.15) is 0 Å². The molecular weight excluding hydrogens is 380 g/mol. The van der Waals surface area contributed by atoms with Crippen molar-refractivity contribution in [2.24, 2.45) is 0 Å². The molecule has 0 aliphatic carbocycles. The summed E-state index contributed by atoms with van der Waals surface area (Å²) in [5.74, 6) is 0.153. The predicted octanol–water partition coefficient (Wildman–Crippen LogP) is 3.96. The smallest absolute Gasteiger partial charge is 0.328 e. The molecule has 0 bridgehead atoms. The molecule has 6 heteroatoms. The number of carbonyl (C=O) groups excluding carboxylic acids is 2. The highest BCUT2D eigenvalue weighted by atomic mass is 16.5. The molecule has 0 radical (unpaired) electrons. The van der Waals surface area contributed by atoms with Gasteiger partial charge in [0, 0.05) is 23.5 Å². The van der Waals surface area contributed by atoms with Gasteiger partial charge in [-0.3, -0.25) is 4.79 Å². The van der Waals surface area contributed by atoms with Gasteiger partial charge in [0.2, 0.25) is 0 Å². The molecule has 1 heterocycles. The van der Waals surface area contributed by atoms with Gasteiger partial charge in [0.05, 0.1) is 7.11 Å². The van der Waals surface area contributed by atoms with Gasteiger partial charge in [-0.25, -0.2) is 4.79 Å². The Labute approximate surface area is 176 Å². The van der Waals surface area contributed by atoms with Crippen LogP contribution in [0, 0.1) is 0 Å². The molecule has 0 aliphatic heterocycles. The number of esters is 1. The van der Waals surface area contributed by atoms with E-state index in [1.54, 1.807) is 0 Å². The van der Waals surface area contributed by atoms with Crippen LogP contribution in [0.3, 0.4) is 0 Å². The fourth-order valence-corrected chi connectivity index (χ4v) is 3.47. The molecule has 1 amide bonds. The summed E-state index contributed by atoms with van der Waals surface area (Å²) in [6.07, 6.45) is 3.15. The Bertz CT molecular complexity index is 1010. The number of aromatic amines is 1. The average Bonchev–Trinajstić information content (AvgIpc) is 3.19. The van der Waals surface area contributed by atoms with Crippen molar-refractivity contribution in [1.29, 1.82) is 0 Å². The Balaban J connectivity index is 1.67. The van der Waals surface area contributed by atoms with Crippen LogP contribution in [0.5, 0.6) is 5.75 Å². The molecule has 2 unspecified atom stereocenters. The minimum absolute atomic E-state index is 0.172. The maximum absolute atomic E-state index is 12.5. The molecule has 0 fully saturated rings. The predicted molar refractivity (Wildman–Crippen MR) is 117 cm³/mol. The van der Waals surface area contributed by atoms with E-state index in [0.717, 1.165) is 28.5 Å². The molecule has 3 rings (SSSR count). The standard InChI is InChI=1S/C24H28N2O4/c1-4-16(2)18-9-6-8-12-22(18)30-15-23(27)26-21(24(28)29-3)13-17-14-25-20-11-7-5-10-19(17)20/h5-12,14,16,21,25H,4,13,15H2,1-3H3,(H,26,27). The zero-order valence-electron chi connectivity index (χ0n) is 17.6. The molecule has 6 nitrogen and oxygen atoms in total. The van der Waals surface area contributed by atoms with Crippen molar-refractivity contribution in [3.05, 3.63) is 65.9 Å². The van der Waals surface area contributed by atoms with Crippen molar-refractivity contribution in [2.45, 2.75) is 38.6 Å². The summed E-state index contributed by atoms with van der Waals surface area (Å²) in [5, 5.41) is 3.76. The third kappa shape index (κ3) is 5.00. The molecule has 2 atom stereocenters. The topological polar surface area (TPSA) is 80.4 Å². The van der Waals surface area contributed by atoms with Crippen molar-refractivity contribution < 1.29 is 19.1 Å². The van der Waals surface area contributed by atoms with E-state index in [1.165, 1.54) is 7.11 Å². The number of fused-ring (bicyclic) bond motifs is 1. The van der Waals surface area contributed by atoms with Crippen LogP contribution >= 0.6 is 0 Å². The average molecular weight is 408 g/mol. The molecule has 3 aromatic rings. The van der Waals surface area contributed by atoms with E-state index in [-0.39, 0.29) is 12.5 Å². The highest BCUT2D eigenvalue weighted by molar-refractivity contribution is 5.87. The Kier molecular flexibility index (Phi) is 7.12. The number of amides is 1. The first-order chi connectivity index (χ1) is 14.5. The van der Waals surface area contributed by atoms with Gasteiger partial charge in [0.1, 0.15) is 11.8 Å². The lowest BCUT2D eigenvalue weighted by Crippen LogP contribution is -2.44. The molecule has 30 heavy (non-hydrogen) atoms. The number of hydrogen-bond donors (Lipinski definition) is 2. The van der Waals surface area contributed by atoms with Gasteiger partial charge in [-0.1, -0.05) is 50.2 Å². The minimum atomic E-state index is -0.796. The highest BCUT2D eigenvalue weighted by Gasteiger charge is 2.23. The summed E-state index contributed by atoms with van der Waals surface area (Å²) in [6, 6.07) is 14.7. The molecule has 1 aromatic heterocycles. The Morgan fingerprint density at radius 1 is 1.10 bits per heavy atom. The summed E-state index contributed by atoms with van der Waals surface area (Å²) < 4.78 is 10.7. The lowest BCUT2D eigenvalue weighted by atomic mass is 9.98.